The Morgan fingerprint density at radius 2 is 1.95 bits per heavy atom. The first-order valence-corrected chi connectivity index (χ1v) is 8.45. The van der Waals surface area contributed by atoms with E-state index in [0.717, 1.165) is 25.7 Å². The van der Waals surface area contributed by atoms with E-state index in [1.54, 1.807) is 19.1 Å². The summed E-state index contributed by atoms with van der Waals surface area (Å²) in [7, 11) is 1.48. The van der Waals surface area contributed by atoms with Gasteiger partial charge in [-0.2, -0.15) is 0 Å². The molecule has 0 radical (unpaired) electrons. The summed E-state index contributed by atoms with van der Waals surface area (Å²) in [5.74, 6) is -0.492. The second-order valence-electron chi connectivity index (χ2n) is 4.73. The van der Waals surface area contributed by atoms with Crippen LogP contribution in [-0.2, 0) is 13.8 Å². The van der Waals surface area contributed by atoms with Crippen LogP contribution >= 0.6 is 10.7 Å². The molecule has 1 aliphatic carbocycles. The van der Waals surface area contributed by atoms with Gasteiger partial charge in [-0.05, 0) is 50.3 Å². The van der Waals surface area contributed by atoms with Crippen molar-refractivity contribution in [2.24, 2.45) is 0 Å². The van der Waals surface area contributed by atoms with E-state index in [1.165, 1.54) is 6.07 Å². The summed E-state index contributed by atoms with van der Waals surface area (Å²) in [5, 5.41) is 0. The minimum Gasteiger partial charge on any atom is -0.459 e. The fourth-order valence-corrected chi connectivity index (χ4v) is 3.43. The molecule has 6 heteroatoms. The third kappa shape index (κ3) is 3.48. The van der Waals surface area contributed by atoms with Crippen LogP contribution in [0, 0.1) is 6.92 Å². The van der Waals surface area contributed by atoms with Gasteiger partial charge in [0.05, 0.1) is 10.5 Å². The standard InChI is InChI=1S/C13H15ClO4S/c1-9-6-7-10(8-12(9)19(14,16)17)13(15)18-11-4-2-3-5-11/h6-8,11H,2-5H2,1H3. The van der Waals surface area contributed by atoms with Crippen molar-refractivity contribution in [3.63, 3.8) is 0 Å². The topological polar surface area (TPSA) is 60.4 Å². The van der Waals surface area contributed by atoms with E-state index in [1.807, 2.05) is 0 Å². The van der Waals surface area contributed by atoms with Crippen LogP contribution < -0.4 is 0 Å². The minimum absolute atomic E-state index is 0.0463. The van der Waals surface area contributed by atoms with Crippen LogP contribution in [-0.4, -0.2) is 20.5 Å². The van der Waals surface area contributed by atoms with E-state index in [0.29, 0.717) is 5.56 Å². The molecule has 0 spiro atoms. The molecule has 0 amide bonds. The number of aryl methyl sites for hydroxylation is 1. The first kappa shape index (κ1) is 14.3. The van der Waals surface area contributed by atoms with E-state index < -0.39 is 15.0 Å². The predicted octanol–water partition coefficient (Wildman–Crippen LogP) is 3.02. The van der Waals surface area contributed by atoms with Crippen LogP contribution in [0.25, 0.3) is 0 Å². The third-order valence-electron chi connectivity index (χ3n) is 3.26. The number of hydrogen-bond acceptors (Lipinski definition) is 4. The molecule has 4 nitrogen and oxygen atoms in total. The second-order valence-corrected chi connectivity index (χ2v) is 7.26. The quantitative estimate of drug-likeness (QED) is 0.636. The van der Waals surface area contributed by atoms with Gasteiger partial charge in [0.15, 0.2) is 0 Å². The Balaban J connectivity index is 2.23. The zero-order valence-electron chi connectivity index (χ0n) is 10.6. The normalized spacial score (nSPS) is 16.5. The Morgan fingerprint density at radius 3 is 2.53 bits per heavy atom. The van der Waals surface area contributed by atoms with Gasteiger partial charge in [-0.1, -0.05) is 6.07 Å². The van der Waals surface area contributed by atoms with Gasteiger partial charge in [-0.15, -0.1) is 0 Å². The van der Waals surface area contributed by atoms with Gasteiger partial charge >= 0.3 is 5.97 Å². The zero-order chi connectivity index (χ0) is 14.0. The molecule has 0 aromatic heterocycles. The van der Waals surface area contributed by atoms with Crippen molar-refractivity contribution in [3.8, 4) is 0 Å². The number of benzene rings is 1. The fourth-order valence-electron chi connectivity index (χ4n) is 2.22. The summed E-state index contributed by atoms with van der Waals surface area (Å²) in [6, 6.07) is 4.38. The Hall–Kier alpha value is -1.07. The molecule has 1 aliphatic rings. The fraction of sp³-hybridized carbons (Fsp3) is 0.462. The van der Waals surface area contributed by atoms with Gasteiger partial charge in [0.1, 0.15) is 6.10 Å². The largest absolute Gasteiger partial charge is 0.459 e. The lowest BCUT2D eigenvalue weighted by atomic mass is 10.1. The maximum absolute atomic E-state index is 11.9. The number of halogens is 1. The highest BCUT2D eigenvalue weighted by Crippen LogP contribution is 2.24. The van der Waals surface area contributed by atoms with Crippen LogP contribution in [0.3, 0.4) is 0 Å². The maximum Gasteiger partial charge on any atom is 0.338 e. The SMILES string of the molecule is Cc1ccc(C(=O)OC2CCCC2)cc1S(=O)(=O)Cl. The molecule has 0 bridgehead atoms. The maximum atomic E-state index is 11.9. The van der Waals surface area contributed by atoms with Gasteiger partial charge in [0, 0.05) is 10.7 Å². The highest BCUT2D eigenvalue weighted by atomic mass is 35.7. The first-order chi connectivity index (χ1) is 8.88. The number of ether oxygens (including phenoxy) is 1. The number of carbonyl (C=O) groups is 1. The van der Waals surface area contributed by atoms with E-state index in [4.69, 9.17) is 15.4 Å². The van der Waals surface area contributed by atoms with Crippen molar-refractivity contribution in [2.75, 3.05) is 0 Å². The van der Waals surface area contributed by atoms with E-state index in [2.05, 4.69) is 0 Å². The molecule has 0 aliphatic heterocycles. The molecule has 1 aromatic rings. The van der Waals surface area contributed by atoms with Gasteiger partial charge in [0.25, 0.3) is 9.05 Å². The molecule has 1 saturated carbocycles. The highest BCUT2D eigenvalue weighted by Gasteiger charge is 2.22. The molecule has 2 rings (SSSR count). The average molecular weight is 303 g/mol. The summed E-state index contributed by atoms with van der Waals surface area (Å²) in [5.41, 5.74) is 0.726. The minimum atomic E-state index is -3.85. The smallest absolute Gasteiger partial charge is 0.338 e. The molecule has 0 N–H and O–H groups in total. The van der Waals surface area contributed by atoms with Crippen molar-refractivity contribution in [2.45, 2.75) is 43.6 Å². The van der Waals surface area contributed by atoms with Gasteiger partial charge in [-0.25, -0.2) is 13.2 Å². The third-order valence-corrected chi connectivity index (χ3v) is 4.73. The molecule has 0 unspecified atom stereocenters. The van der Waals surface area contributed by atoms with Gasteiger partial charge in [0.2, 0.25) is 0 Å². The summed E-state index contributed by atoms with van der Waals surface area (Å²) in [4.78, 5) is 11.9. The highest BCUT2D eigenvalue weighted by molar-refractivity contribution is 8.13. The lowest BCUT2D eigenvalue weighted by Gasteiger charge is -2.12. The lowest BCUT2D eigenvalue weighted by molar-refractivity contribution is 0.0317. The lowest BCUT2D eigenvalue weighted by Crippen LogP contribution is -2.15. The van der Waals surface area contributed by atoms with Gasteiger partial charge < -0.3 is 4.74 Å². The number of esters is 1. The Kier molecular flexibility index (Phi) is 4.16. The van der Waals surface area contributed by atoms with Crippen molar-refractivity contribution in [3.05, 3.63) is 29.3 Å². The van der Waals surface area contributed by atoms with Crippen LogP contribution in [0.5, 0.6) is 0 Å². The van der Waals surface area contributed by atoms with E-state index in [-0.39, 0.29) is 16.6 Å². The summed E-state index contributed by atoms with van der Waals surface area (Å²) < 4.78 is 28.1. The summed E-state index contributed by atoms with van der Waals surface area (Å²) in [6.07, 6.45) is 3.82. The molecule has 1 fully saturated rings. The number of carbonyl (C=O) groups excluding carboxylic acids is 1. The molecular formula is C13H15ClO4S. The Morgan fingerprint density at radius 1 is 1.32 bits per heavy atom. The number of rotatable bonds is 3. The molecule has 1 aromatic carbocycles. The monoisotopic (exact) mass is 302 g/mol. The van der Waals surface area contributed by atoms with E-state index in [9.17, 15) is 13.2 Å². The van der Waals surface area contributed by atoms with Crippen LogP contribution in [0.1, 0.15) is 41.6 Å². The molecule has 0 atom stereocenters. The summed E-state index contributed by atoms with van der Waals surface area (Å²) >= 11 is 0. The van der Waals surface area contributed by atoms with E-state index >= 15 is 0 Å². The van der Waals surface area contributed by atoms with Crippen LogP contribution in [0.2, 0.25) is 0 Å². The molecule has 0 heterocycles. The average Bonchev–Trinajstić information content (AvgIpc) is 2.80. The van der Waals surface area contributed by atoms with Crippen molar-refractivity contribution in [1.82, 2.24) is 0 Å². The van der Waals surface area contributed by atoms with Crippen LogP contribution in [0.15, 0.2) is 23.1 Å². The zero-order valence-corrected chi connectivity index (χ0v) is 12.1. The predicted molar refractivity (Wildman–Crippen MR) is 71.9 cm³/mol. The van der Waals surface area contributed by atoms with Gasteiger partial charge in [-0.3, -0.25) is 0 Å². The van der Waals surface area contributed by atoms with Crippen LogP contribution in [0.4, 0.5) is 0 Å². The second kappa shape index (κ2) is 5.51. The van der Waals surface area contributed by atoms with Crippen molar-refractivity contribution in [1.29, 1.82) is 0 Å². The summed E-state index contributed by atoms with van der Waals surface area (Å²) in [6.45, 7) is 1.63. The molecule has 0 saturated heterocycles. The van der Waals surface area contributed by atoms with Crippen molar-refractivity contribution < 1.29 is 17.9 Å². The Bertz CT molecular complexity index is 589. The molecule has 104 valence electrons. The first-order valence-electron chi connectivity index (χ1n) is 6.14. The number of hydrogen-bond donors (Lipinski definition) is 0. The van der Waals surface area contributed by atoms with Crippen molar-refractivity contribution >= 4 is 25.7 Å². The Labute approximate surface area is 117 Å². The molecule has 19 heavy (non-hydrogen) atoms. The molecular weight excluding hydrogens is 288 g/mol.